The molecule has 140 valence electrons. The number of halogens is 2. The molecule has 0 atom stereocenters. The number of nitrogens with zero attached hydrogens (tertiary/aromatic N) is 1. The number of hydrogen-bond acceptors (Lipinski definition) is 3. The number of ether oxygens (including phenoxy) is 1. The second-order valence-corrected chi connectivity index (χ2v) is 6.21. The summed E-state index contributed by atoms with van der Waals surface area (Å²) < 4.78 is 38.4. The second-order valence-electron chi connectivity index (χ2n) is 6.21. The smallest absolute Gasteiger partial charge is 0.265 e. The number of carbonyl (C=O) groups excluding carboxylic acids is 1. The van der Waals surface area contributed by atoms with Gasteiger partial charge in [-0.2, -0.15) is 0 Å². The zero-order valence-corrected chi connectivity index (χ0v) is 15.0. The normalized spacial score (nSPS) is 10.7. The third-order valence-corrected chi connectivity index (χ3v) is 4.09. The van der Waals surface area contributed by atoms with E-state index in [9.17, 15) is 13.6 Å². The third kappa shape index (κ3) is 4.53. The molecule has 3 aromatic rings. The fourth-order valence-electron chi connectivity index (χ4n) is 2.65. The van der Waals surface area contributed by atoms with Crippen molar-refractivity contribution in [2.24, 2.45) is 0 Å². The first-order valence-electron chi connectivity index (χ1n) is 8.42. The second kappa shape index (κ2) is 8.03. The van der Waals surface area contributed by atoms with Crippen LogP contribution in [0.3, 0.4) is 0 Å². The van der Waals surface area contributed by atoms with Crippen molar-refractivity contribution in [2.75, 3.05) is 11.5 Å². The molecule has 1 heterocycles. The van der Waals surface area contributed by atoms with Gasteiger partial charge in [0.05, 0.1) is 18.5 Å². The molecule has 2 aromatic carbocycles. The van der Waals surface area contributed by atoms with Gasteiger partial charge in [0.15, 0.2) is 6.61 Å². The zero-order valence-electron chi connectivity index (χ0n) is 15.0. The van der Waals surface area contributed by atoms with Crippen LogP contribution in [0.5, 0.6) is 5.75 Å². The Morgan fingerprint density at radius 1 is 1.11 bits per heavy atom. The van der Waals surface area contributed by atoms with Crippen LogP contribution in [0.2, 0.25) is 0 Å². The van der Waals surface area contributed by atoms with Crippen LogP contribution in [0.15, 0.2) is 59.2 Å². The monoisotopic (exact) mass is 371 g/mol. The number of furan rings is 1. The maximum Gasteiger partial charge on any atom is 0.265 e. The summed E-state index contributed by atoms with van der Waals surface area (Å²) >= 11 is 0. The molecule has 0 saturated carbocycles. The van der Waals surface area contributed by atoms with Crippen molar-refractivity contribution >= 4 is 11.6 Å². The van der Waals surface area contributed by atoms with Gasteiger partial charge in [0.2, 0.25) is 0 Å². The number of hydrogen-bond donors (Lipinski definition) is 0. The van der Waals surface area contributed by atoms with Crippen LogP contribution >= 0.6 is 0 Å². The van der Waals surface area contributed by atoms with Crippen LogP contribution in [-0.2, 0) is 11.3 Å². The van der Waals surface area contributed by atoms with Crippen LogP contribution in [-0.4, -0.2) is 12.5 Å². The minimum Gasteiger partial charge on any atom is -0.483 e. The topological polar surface area (TPSA) is 42.7 Å². The van der Waals surface area contributed by atoms with Gasteiger partial charge in [-0.15, -0.1) is 0 Å². The highest BCUT2D eigenvalue weighted by molar-refractivity contribution is 5.94. The summed E-state index contributed by atoms with van der Waals surface area (Å²) in [4.78, 5) is 14.0. The fourth-order valence-corrected chi connectivity index (χ4v) is 2.65. The summed E-state index contributed by atoms with van der Waals surface area (Å²) in [6, 6.07) is 12.1. The first-order chi connectivity index (χ1) is 12.9. The molecule has 0 unspecified atom stereocenters. The molecule has 27 heavy (non-hydrogen) atoms. The third-order valence-electron chi connectivity index (χ3n) is 4.09. The molecule has 0 spiro atoms. The molecule has 0 aliphatic carbocycles. The SMILES string of the molecule is Cc1ccc(C)c(OCC(=O)N(Cc2ccco2)c2ccc(F)cc2F)c1. The number of amides is 1. The predicted octanol–water partition coefficient (Wildman–Crippen LogP) is 4.79. The Labute approximate surface area is 156 Å². The summed E-state index contributed by atoms with van der Waals surface area (Å²) in [5.74, 6) is -0.965. The fraction of sp³-hybridized carbons (Fsp3) is 0.190. The van der Waals surface area contributed by atoms with E-state index >= 15 is 0 Å². The minimum absolute atomic E-state index is 0.00451. The average Bonchev–Trinajstić information content (AvgIpc) is 3.14. The average molecular weight is 371 g/mol. The lowest BCUT2D eigenvalue weighted by Gasteiger charge is -2.23. The van der Waals surface area contributed by atoms with Crippen LogP contribution < -0.4 is 9.64 Å². The van der Waals surface area contributed by atoms with Crippen molar-refractivity contribution < 1.29 is 22.7 Å². The van der Waals surface area contributed by atoms with E-state index in [0.717, 1.165) is 23.3 Å². The number of anilines is 1. The predicted molar refractivity (Wildman–Crippen MR) is 97.7 cm³/mol. The molecule has 1 aromatic heterocycles. The van der Waals surface area contributed by atoms with E-state index in [-0.39, 0.29) is 18.8 Å². The first kappa shape index (κ1) is 18.6. The molecule has 6 heteroatoms. The number of aryl methyl sites for hydroxylation is 2. The summed E-state index contributed by atoms with van der Waals surface area (Å²) in [6.07, 6.45) is 1.46. The van der Waals surface area contributed by atoms with Gasteiger partial charge in [0, 0.05) is 6.07 Å². The lowest BCUT2D eigenvalue weighted by molar-refractivity contribution is -0.120. The summed E-state index contributed by atoms with van der Waals surface area (Å²) in [5.41, 5.74) is 1.85. The molecule has 0 radical (unpaired) electrons. The van der Waals surface area contributed by atoms with Gasteiger partial charge < -0.3 is 9.15 Å². The van der Waals surface area contributed by atoms with Crippen LogP contribution in [0.25, 0.3) is 0 Å². The van der Waals surface area contributed by atoms with Gasteiger partial charge in [0.1, 0.15) is 23.1 Å². The summed E-state index contributed by atoms with van der Waals surface area (Å²) in [5, 5.41) is 0. The van der Waals surface area contributed by atoms with Crippen LogP contribution in [0, 0.1) is 25.5 Å². The van der Waals surface area contributed by atoms with Crippen LogP contribution in [0.4, 0.5) is 14.5 Å². The van der Waals surface area contributed by atoms with E-state index in [4.69, 9.17) is 9.15 Å². The Kier molecular flexibility index (Phi) is 5.54. The minimum atomic E-state index is -0.832. The molecule has 0 aliphatic rings. The maximum atomic E-state index is 14.3. The number of rotatable bonds is 6. The standard InChI is InChI=1S/C21H19F2NO3/c1-14-5-6-15(2)20(10-14)27-13-21(25)24(12-17-4-3-9-26-17)19-8-7-16(22)11-18(19)23/h3-11H,12-13H2,1-2H3. The van der Waals surface area contributed by atoms with Crippen molar-refractivity contribution in [3.63, 3.8) is 0 Å². The quantitative estimate of drug-likeness (QED) is 0.626. The van der Waals surface area contributed by atoms with Crippen molar-refractivity contribution in [2.45, 2.75) is 20.4 Å². The van der Waals surface area contributed by atoms with Gasteiger partial charge in [-0.25, -0.2) is 8.78 Å². The zero-order chi connectivity index (χ0) is 19.4. The molecule has 0 fully saturated rings. The molecule has 0 bridgehead atoms. The lowest BCUT2D eigenvalue weighted by atomic mass is 10.1. The van der Waals surface area contributed by atoms with E-state index in [0.29, 0.717) is 11.5 Å². The molecular formula is C21H19F2NO3. The Balaban J connectivity index is 1.83. The van der Waals surface area contributed by atoms with Crippen molar-refractivity contribution in [1.29, 1.82) is 0 Å². The molecule has 0 saturated heterocycles. The van der Waals surface area contributed by atoms with Crippen molar-refractivity contribution in [1.82, 2.24) is 0 Å². The van der Waals surface area contributed by atoms with E-state index in [1.807, 2.05) is 32.0 Å². The maximum absolute atomic E-state index is 14.3. The summed E-state index contributed by atoms with van der Waals surface area (Å²) in [6.45, 7) is 3.51. The van der Waals surface area contributed by atoms with Crippen molar-refractivity contribution in [3.8, 4) is 5.75 Å². The highest BCUT2D eigenvalue weighted by Gasteiger charge is 2.22. The van der Waals surface area contributed by atoms with Crippen molar-refractivity contribution in [3.05, 3.63) is 83.3 Å². The Bertz CT molecular complexity index is 939. The van der Waals surface area contributed by atoms with Gasteiger partial charge >= 0.3 is 0 Å². The molecule has 4 nitrogen and oxygen atoms in total. The molecule has 3 rings (SSSR count). The van der Waals surface area contributed by atoms with Gasteiger partial charge in [0.25, 0.3) is 5.91 Å². The number of benzene rings is 2. The van der Waals surface area contributed by atoms with E-state index in [1.165, 1.54) is 17.2 Å². The van der Waals surface area contributed by atoms with Crippen LogP contribution in [0.1, 0.15) is 16.9 Å². The molecular weight excluding hydrogens is 352 g/mol. The molecule has 1 amide bonds. The summed E-state index contributed by atoms with van der Waals surface area (Å²) in [7, 11) is 0. The Hall–Kier alpha value is -3.15. The Morgan fingerprint density at radius 3 is 2.63 bits per heavy atom. The van der Waals surface area contributed by atoms with Gasteiger partial charge in [-0.3, -0.25) is 9.69 Å². The highest BCUT2D eigenvalue weighted by atomic mass is 19.1. The lowest BCUT2D eigenvalue weighted by Crippen LogP contribution is -2.35. The molecule has 0 aliphatic heterocycles. The largest absolute Gasteiger partial charge is 0.483 e. The van der Waals surface area contributed by atoms with E-state index in [2.05, 4.69) is 0 Å². The molecule has 0 N–H and O–H groups in total. The van der Waals surface area contributed by atoms with E-state index < -0.39 is 17.5 Å². The van der Waals surface area contributed by atoms with E-state index in [1.54, 1.807) is 12.1 Å². The Morgan fingerprint density at radius 2 is 1.93 bits per heavy atom. The number of carbonyl (C=O) groups is 1. The highest BCUT2D eigenvalue weighted by Crippen LogP contribution is 2.24. The first-order valence-corrected chi connectivity index (χ1v) is 8.42. The van der Waals surface area contributed by atoms with Gasteiger partial charge in [-0.05, 0) is 55.3 Å². The van der Waals surface area contributed by atoms with Gasteiger partial charge in [-0.1, -0.05) is 12.1 Å².